The highest BCUT2D eigenvalue weighted by Crippen LogP contribution is 2.14. The highest BCUT2D eigenvalue weighted by atomic mass is 16.5. The van der Waals surface area contributed by atoms with Crippen molar-refractivity contribution in [2.45, 2.75) is 38.5 Å². The molecule has 0 atom stereocenters. The number of ketones is 1. The van der Waals surface area contributed by atoms with Gasteiger partial charge in [-0.05, 0) is 24.8 Å². The Morgan fingerprint density at radius 3 is 2.62 bits per heavy atom. The second-order valence-corrected chi connectivity index (χ2v) is 5.02. The van der Waals surface area contributed by atoms with Crippen molar-refractivity contribution in [3.8, 4) is 5.88 Å². The summed E-state index contributed by atoms with van der Waals surface area (Å²) in [5.74, 6) is 0.443. The Labute approximate surface area is 125 Å². The molecule has 0 aliphatic rings. The molecule has 0 saturated carbocycles. The quantitative estimate of drug-likeness (QED) is 0.515. The maximum Gasteiger partial charge on any atom is 0.266 e. The molecule has 4 heteroatoms. The fourth-order valence-corrected chi connectivity index (χ4v) is 2.20. The number of nitrogens with zero attached hydrogens (tertiary/aromatic N) is 1. The predicted octanol–water partition coefficient (Wildman–Crippen LogP) is 4.06. The lowest BCUT2D eigenvalue weighted by Gasteiger charge is -2.01. The number of aromatic nitrogens is 1. The summed E-state index contributed by atoms with van der Waals surface area (Å²) >= 11 is 0. The number of hydrogen-bond acceptors (Lipinski definition) is 4. The summed E-state index contributed by atoms with van der Waals surface area (Å²) in [5.41, 5.74) is 1.38. The van der Waals surface area contributed by atoms with Gasteiger partial charge in [0.2, 0.25) is 5.78 Å². The predicted molar refractivity (Wildman–Crippen MR) is 80.6 cm³/mol. The van der Waals surface area contributed by atoms with Gasteiger partial charge in [-0.25, -0.2) is 0 Å². The Kier molecular flexibility index (Phi) is 6.00. The summed E-state index contributed by atoms with van der Waals surface area (Å²) in [4.78, 5) is 15.8. The molecular formula is C17H21NO3. The smallest absolute Gasteiger partial charge is 0.266 e. The maximum atomic E-state index is 11.8. The highest BCUT2D eigenvalue weighted by Gasteiger charge is 2.12. The summed E-state index contributed by atoms with van der Waals surface area (Å²) in [5, 5.41) is 0. The zero-order valence-corrected chi connectivity index (χ0v) is 12.4. The molecule has 0 bridgehead atoms. The monoisotopic (exact) mass is 287 g/mol. The standard InChI is InChI=1S/C17H21NO3/c1-20-16-13-21-17(18-16)15(19)12-8-3-2-5-9-14-10-6-4-7-11-14/h4,6-7,10-11,13H,2-3,5,8-9,12H2,1H3. The number of methoxy groups -OCH3 is 1. The van der Waals surface area contributed by atoms with Crippen molar-refractivity contribution < 1.29 is 13.9 Å². The van der Waals surface area contributed by atoms with E-state index in [1.54, 1.807) is 0 Å². The van der Waals surface area contributed by atoms with Crippen LogP contribution in [0.15, 0.2) is 41.0 Å². The van der Waals surface area contributed by atoms with Crippen LogP contribution in [0.1, 0.15) is 48.4 Å². The van der Waals surface area contributed by atoms with E-state index < -0.39 is 0 Å². The minimum absolute atomic E-state index is 0.0543. The molecule has 0 spiro atoms. The molecule has 0 saturated heterocycles. The molecule has 1 aromatic heterocycles. The normalized spacial score (nSPS) is 10.5. The SMILES string of the molecule is COc1coc(C(=O)CCCCCCc2ccccc2)n1. The first-order chi connectivity index (χ1) is 10.3. The van der Waals surface area contributed by atoms with Crippen LogP contribution in [0, 0.1) is 0 Å². The summed E-state index contributed by atoms with van der Waals surface area (Å²) in [6.45, 7) is 0. The maximum absolute atomic E-state index is 11.8. The molecule has 0 fully saturated rings. The van der Waals surface area contributed by atoms with Gasteiger partial charge in [0.15, 0.2) is 6.26 Å². The second kappa shape index (κ2) is 8.25. The number of oxazole rings is 1. The van der Waals surface area contributed by atoms with Crippen molar-refractivity contribution in [3.63, 3.8) is 0 Å². The van der Waals surface area contributed by atoms with E-state index in [2.05, 4.69) is 29.2 Å². The van der Waals surface area contributed by atoms with Crippen molar-refractivity contribution in [3.05, 3.63) is 48.0 Å². The van der Waals surface area contributed by atoms with Gasteiger partial charge in [0.05, 0.1) is 7.11 Å². The number of aryl methyl sites for hydroxylation is 1. The van der Waals surface area contributed by atoms with Crippen molar-refractivity contribution >= 4 is 5.78 Å². The molecule has 112 valence electrons. The fraction of sp³-hybridized carbons (Fsp3) is 0.412. The van der Waals surface area contributed by atoms with Crippen LogP contribution in [0.5, 0.6) is 5.88 Å². The zero-order valence-electron chi connectivity index (χ0n) is 12.4. The van der Waals surface area contributed by atoms with Crippen LogP contribution in [0.2, 0.25) is 0 Å². The number of carbonyl (C=O) groups is 1. The van der Waals surface area contributed by atoms with Gasteiger partial charge in [0.25, 0.3) is 11.8 Å². The number of Topliss-reactive ketones (excluding diaryl/α,β-unsaturated/α-hetero) is 1. The first-order valence-corrected chi connectivity index (χ1v) is 7.36. The van der Waals surface area contributed by atoms with Crippen LogP contribution >= 0.6 is 0 Å². The first-order valence-electron chi connectivity index (χ1n) is 7.36. The Morgan fingerprint density at radius 1 is 1.14 bits per heavy atom. The molecule has 0 unspecified atom stereocenters. The number of rotatable bonds is 9. The lowest BCUT2D eigenvalue weighted by atomic mass is 10.0. The molecule has 2 rings (SSSR count). The molecule has 0 N–H and O–H groups in total. The third kappa shape index (κ3) is 5.06. The zero-order chi connectivity index (χ0) is 14.9. The van der Waals surface area contributed by atoms with E-state index in [4.69, 9.17) is 9.15 Å². The van der Waals surface area contributed by atoms with E-state index >= 15 is 0 Å². The molecule has 0 aliphatic carbocycles. The Morgan fingerprint density at radius 2 is 1.90 bits per heavy atom. The van der Waals surface area contributed by atoms with E-state index in [-0.39, 0.29) is 11.7 Å². The van der Waals surface area contributed by atoms with Crippen LogP contribution in [0.4, 0.5) is 0 Å². The van der Waals surface area contributed by atoms with Gasteiger partial charge in [-0.2, -0.15) is 4.98 Å². The number of hydrogen-bond donors (Lipinski definition) is 0. The summed E-state index contributed by atoms with van der Waals surface area (Å²) in [6.07, 6.45) is 7.16. The molecule has 1 heterocycles. The fourth-order valence-electron chi connectivity index (χ4n) is 2.20. The average molecular weight is 287 g/mol. The summed E-state index contributed by atoms with van der Waals surface area (Å²) in [6, 6.07) is 10.5. The van der Waals surface area contributed by atoms with Gasteiger partial charge < -0.3 is 9.15 Å². The van der Waals surface area contributed by atoms with E-state index in [1.165, 1.54) is 18.9 Å². The molecule has 4 nitrogen and oxygen atoms in total. The Hall–Kier alpha value is -2.10. The average Bonchev–Trinajstić information content (AvgIpc) is 3.00. The van der Waals surface area contributed by atoms with Gasteiger partial charge in [-0.3, -0.25) is 4.79 Å². The van der Waals surface area contributed by atoms with Crippen LogP contribution in [0.25, 0.3) is 0 Å². The van der Waals surface area contributed by atoms with Crippen LogP contribution in [-0.4, -0.2) is 17.9 Å². The van der Waals surface area contributed by atoms with E-state index in [0.29, 0.717) is 12.3 Å². The van der Waals surface area contributed by atoms with E-state index in [0.717, 1.165) is 32.1 Å². The van der Waals surface area contributed by atoms with Crippen molar-refractivity contribution in [1.29, 1.82) is 0 Å². The van der Waals surface area contributed by atoms with Crippen LogP contribution < -0.4 is 4.74 Å². The van der Waals surface area contributed by atoms with E-state index in [1.807, 2.05) is 6.07 Å². The Bertz CT molecular complexity index is 548. The topological polar surface area (TPSA) is 52.3 Å². The molecule has 0 aliphatic heterocycles. The van der Waals surface area contributed by atoms with Crippen molar-refractivity contribution in [1.82, 2.24) is 4.98 Å². The van der Waals surface area contributed by atoms with Crippen molar-refractivity contribution in [2.24, 2.45) is 0 Å². The number of benzene rings is 1. The largest absolute Gasteiger partial charge is 0.479 e. The minimum Gasteiger partial charge on any atom is -0.479 e. The Balaban J connectivity index is 1.58. The van der Waals surface area contributed by atoms with Gasteiger partial charge in [0.1, 0.15) is 0 Å². The van der Waals surface area contributed by atoms with Gasteiger partial charge >= 0.3 is 0 Å². The van der Waals surface area contributed by atoms with Crippen LogP contribution in [0.3, 0.4) is 0 Å². The molecule has 2 aromatic rings. The number of unbranched alkanes of at least 4 members (excludes halogenated alkanes) is 3. The lowest BCUT2D eigenvalue weighted by Crippen LogP contribution is -1.99. The molecule has 1 aromatic carbocycles. The number of ether oxygens (including phenoxy) is 1. The lowest BCUT2D eigenvalue weighted by molar-refractivity contribution is 0.0945. The number of carbonyl (C=O) groups excluding carboxylic acids is 1. The molecular weight excluding hydrogens is 266 g/mol. The van der Waals surface area contributed by atoms with Gasteiger partial charge in [-0.1, -0.05) is 43.2 Å². The second-order valence-electron chi connectivity index (χ2n) is 5.02. The molecule has 0 radical (unpaired) electrons. The van der Waals surface area contributed by atoms with Gasteiger partial charge in [-0.15, -0.1) is 0 Å². The van der Waals surface area contributed by atoms with Crippen molar-refractivity contribution in [2.75, 3.05) is 7.11 Å². The third-order valence-corrected chi connectivity index (χ3v) is 3.39. The first kappa shape index (κ1) is 15.3. The summed E-state index contributed by atoms with van der Waals surface area (Å²) in [7, 11) is 1.50. The summed E-state index contributed by atoms with van der Waals surface area (Å²) < 4.78 is 9.96. The molecule has 0 amide bonds. The van der Waals surface area contributed by atoms with Gasteiger partial charge in [0, 0.05) is 6.42 Å². The highest BCUT2D eigenvalue weighted by molar-refractivity contribution is 5.91. The molecule has 21 heavy (non-hydrogen) atoms. The van der Waals surface area contributed by atoms with E-state index in [9.17, 15) is 4.79 Å². The van der Waals surface area contributed by atoms with Crippen LogP contribution in [-0.2, 0) is 6.42 Å². The minimum atomic E-state index is -0.0543. The third-order valence-electron chi connectivity index (χ3n) is 3.39.